The number of fused-ring (bicyclic) bond motifs is 2. The number of nitrogens with zero attached hydrogens (tertiary/aromatic N) is 4. The number of benzene rings is 1. The van der Waals surface area contributed by atoms with Crippen LogP contribution in [0.4, 0.5) is 10.3 Å². The van der Waals surface area contributed by atoms with Gasteiger partial charge < -0.3 is 10.2 Å². The molecule has 4 heterocycles. The molecule has 11 heteroatoms. The van der Waals surface area contributed by atoms with Crippen LogP contribution >= 0.6 is 22.7 Å². The van der Waals surface area contributed by atoms with Gasteiger partial charge in [-0.25, -0.2) is 23.4 Å². The van der Waals surface area contributed by atoms with E-state index in [1.165, 1.54) is 11.3 Å². The molecule has 35 heavy (non-hydrogen) atoms. The molecule has 1 atom stereocenters. The third-order valence-electron chi connectivity index (χ3n) is 5.96. The van der Waals surface area contributed by atoms with Crippen molar-refractivity contribution in [3.63, 3.8) is 0 Å². The van der Waals surface area contributed by atoms with Gasteiger partial charge in [-0.2, -0.15) is 0 Å². The van der Waals surface area contributed by atoms with Gasteiger partial charge in [0.25, 0.3) is 0 Å². The van der Waals surface area contributed by atoms with Crippen LogP contribution in [0.2, 0.25) is 0 Å². The predicted molar refractivity (Wildman–Crippen MR) is 140 cm³/mol. The number of pyridine rings is 1. The Labute approximate surface area is 212 Å². The molecule has 0 unspecified atom stereocenters. The maximum atomic E-state index is 12.7. The van der Waals surface area contributed by atoms with Crippen LogP contribution in [0.25, 0.3) is 10.3 Å². The Morgan fingerprint density at radius 1 is 1.17 bits per heavy atom. The molecule has 182 valence electrons. The molecule has 3 aromatic heterocycles. The van der Waals surface area contributed by atoms with Gasteiger partial charge in [-0.3, -0.25) is 4.79 Å². The van der Waals surface area contributed by atoms with Gasteiger partial charge in [-0.15, -0.1) is 0 Å². The van der Waals surface area contributed by atoms with E-state index in [2.05, 4.69) is 29.0 Å². The molecule has 0 fully saturated rings. The van der Waals surface area contributed by atoms with Gasteiger partial charge in [-0.05, 0) is 35.7 Å². The minimum atomic E-state index is -3.26. The standard InChI is InChI=1S/C24H25N5O3S3/c1-4-35(31,32)16-9-7-15(8-10-16)12-19(30)27-23-28-20-18(33-23)13-29(21(20)14(2)3)24-26-17-6-5-11-25-22(17)34-24/h5-11,14,21H,4,12-13H2,1-3H3,(H,27,28,30)/t21-/m0/s1. The van der Waals surface area contributed by atoms with E-state index in [-0.39, 0.29) is 29.0 Å². The minimum Gasteiger partial charge on any atom is -0.334 e. The number of anilines is 2. The fraction of sp³-hybridized carbons (Fsp3) is 0.333. The fourth-order valence-corrected chi connectivity index (χ4v) is 7.08. The molecule has 0 aliphatic carbocycles. The molecule has 0 spiro atoms. The molecule has 0 bridgehead atoms. The molecule has 0 saturated carbocycles. The normalized spacial score (nSPS) is 15.7. The Bertz CT molecular complexity index is 1460. The SMILES string of the molecule is CCS(=O)(=O)c1ccc(CC(=O)Nc2nc3c(s2)CN(c2nc4cccnc4s2)[C@H]3C(C)C)cc1. The third kappa shape index (κ3) is 4.67. The summed E-state index contributed by atoms with van der Waals surface area (Å²) in [6, 6.07) is 10.4. The maximum absolute atomic E-state index is 12.7. The predicted octanol–water partition coefficient (Wildman–Crippen LogP) is 4.84. The van der Waals surface area contributed by atoms with Crippen LogP contribution in [-0.2, 0) is 27.6 Å². The lowest BCUT2D eigenvalue weighted by atomic mass is 10.0. The van der Waals surface area contributed by atoms with Crippen molar-refractivity contribution in [2.75, 3.05) is 16.0 Å². The van der Waals surface area contributed by atoms with Crippen LogP contribution in [0, 0.1) is 5.92 Å². The Morgan fingerprint density at radius 2 is 1.94 bits per heavy atom. The first kappa shape index (κ1) is 23.8. The van der Waals surface area contributed by atoms with Crippen molar-refractivity contribution in [1.29, 1.82) is 0 Å². The summed E-state index contributed by atoms with van der Waals surface area (Å²) in [6.45, 7) is 6.64. The third-order valence-corrected chi connectivity index (χ3v) is 9.70. The molecule has 1 aromatic carbocycles. The number of nitrogens with one attached hydrogen (secondary N) is 1. The number of carbonyl (C=O) groups excluding carboxylic acids is 1. The minimum absolute atomic E-state index is 0.0478. The number of carbonyl (C=O) groups is 1. The van der Waals surface area contributed by atoms with Gasteiger partial charge in [0.2, 0.25) is 5.91 Å². The fourth-order valence-electron chi connectivity index (χ4n) is 4.24. The second-order valence-electron chi connectivity index (χ2n) is 8.74. The highest BCUT2D eigenvalue weighted by atomic mass is 32.2. The monoisotopic (exact) mass is 527 g/mol. The van der Waals surface area contributed by atoms with Crippen LogP contribution in [0.5, 0.6) is 0 Å². The highest BCUT2D eigenvalue weighted by Gasteiger charge is 2.38. The smallest absolute Gasteiger partial charge is 0.230 e. The van der Waals surface area contributed by atoms with Crippen molar-refractivity contribution in [1.82, 2.24) is 15.0 Å². The van der Waals surface area contributed by atoms with E-state index in [0.29, 0.717) is 17.6 Å². The van der Waals surface area contributed by atoms with Crippen LogP contribution < -0.4 is 10.2 Å². The molecule has 0 radical (unpaired) electrons. The maximum Gasteiger partial charge on any atom is 0.230 e. The van der Waals surface area contributed by atoms with E-state index < -0.39 is 9.84 Å². The topological polar surface area (TPSA) is 105 Å². The Hall–Kier alpha value is -2.89. The van der Waals surface area contributed by atoms with Gasteiger partial charge >= 0.3 is 0 Å². The number of rotatable bonds is 7. The summed E-state index contributed by atoms with van der Waals surface area (Å²) in [4.78, 5) is 31.3. The van der Waals surface area contributed by atoms with E-state index in [0.717, 1.165) is 31.6 Å². The number of sulfone groups is 1. The first-order valence-corrected chi connectivity index (χ1v) is 14.6. The largest absolute Gasteiger partial charge is 0.334 e. The second-order valence-corrected chi connectivity index (χ2v) is 13.1. The van der Waals surface area contributed by atoms with Gasteiger partial charge in [0.1, 0.15) is 10.3 Å². The van der Waals surface area contributed by atoms with Gasteiger partial charge in [0.05, 0.1) is 40.2 Å². The molecular weight excluding hydrogens is 502 g/mol. The number of hydrogen-bond donors (Lipinski definition) is 1. The van der Waals surface area contributed by atoms with Crippen molar-refractivity contribution in [3.8, 4) is 0 Å². The zero-order chi connectivity index (χ0) is 24.7. The lowest BCUT2D eigenvalue weighted by Gasteiger charge is -2.27. The zero-order valence-corrected chi connectivity index (χ0v) is 22.0. The second kappa shape index (κ2) is 9.29. The zero-order valence-electron chi connectivity index (χ0n) is 19.6. The average molecular weight is 528 g/mol. The molecule has 8 nitrogen and oxygen atoms in total. The summed E-state index contributed by atoms with van der Waals surface area (Å²) in [5, 5.41) is 4.44. The lowest BCUT2D eigenvalue weighted by Crippen LogP contribution is -2.26. The highest BCUT2D eigenvalue weighted by molar-refractivity contribution is 7.91. The first-order chi connectivity index (χ1) is 16.7. The van der Waals surface area contributed by atoms with Gasteiger partial charge in [0, 0.05) is 6.20 Å². The lowest BCUT2D eigenvalue weighted by molar-refractivity contribution is -0.115. The first-order valence-electron chi connectivity index (χ1n) is 11.3. The molecule has 1 N–H and O–H groups in total. The molecule has 4 aromatic rings. The van der Waals surface area contributed by atoms with Crippen molar-refractivity contribution in [3.05, 3.63) is 58.7 Å². The van der Waals surface area contributed by atoms with Crippen LogP contribution in [0.3, 0.4) is 0 Å². The number of aromatic nitrogens is 3. The summed E-state index contributed by atoms with van der Waals surface area (Å²) >= 11 is 3.08. The summed E-state index contributed by atoms with van der Waals surface area (Å²) in [5.41, 5.74) is 2.63. The molecule has 0 saturated heterocycles. The molecule has 1 aliphatic rings. The van der Waals surface area contributed by atoms with Crippen LogP contribution in [-0.4, -0.2) is 35.0 Å². The van der Waals surface area contributed by atoms with Crippen LogP contribution in [0.1, 0.15) is 42.9 Å². The summed E-state index contributed by atoms with van der Waals surface area (Å²) < 4.78 is 24.0. The molecular formula is C24H25N5O3S3. The van der Waals surface area contributed by atoms with Crippen LogP contribution in [0.15, 0.2) is 47.5 Å². The Balaban J connectivity index is 1.30. The van der Waals surface area contributed by atoms with Crippen molar-refractivity contribution < 1.29 is 13.2 Å². The van der Waals surface area contributed by atoms with E-state index in [4.69, 9.17) is 9.97 Å². The quantitative estimate of drug-likeness (QED) is 0.367. The van der Waals surface area contributed by atoms with Crippen molar-refractivity contribution >= 4 is 59.0 Å². The van der Waals surface area contributed by atoms with Crippen molar-refractivity contribution in [2.24, 2.45) is 5.92 Å². The molecule has 1 amide bonds. The number of amides is 1. The number of thiazole rings is 2. The number of hydrogen-bond acceptors (Lipinski definition) is 9. The highest BCUT2D eigenvalue weighted by Crippen LogP contribution is 2.46. The molecule has 1 aliphatic heterocycles. The summed E-state index contributed by atoms with van der Waals surface area (Å²) in [5.74, 6) is 0.171. The van der Waals surface area contributed by atoms with E-state index in [9.17, 15) is 13.2 Å². The van der Waals surface area contributed by atoms with E-state index >= 15 is 0 Å². The van der Waals surface area contributed by atoms with Crippen molar-refractivity contribution in [2.45, 2.75) is 44.7 Å². The summed E-state index contributed by atoms with van der Waals surface area (Å²) in [7, 11) is -3.26. The Morgan fingerprint density at radius 3 is 2.63 bits per heavy atom. The van der Waals surface area contributed by atoms with Gasteiger partial charge in [0.15, 0.2) is 20.1 Å². The van der Waals surface area contributed by atoms with E-state index in [1.54, 1.807) is 48.7 Å². The van der Waals surface area contributed by atoms with Gasteiger partial charge in [-0.1, -0.05) is 55.6 Å². The summed E-state index contributed by atoms with van der Waals surface area (Å²) in [6.07, 6.45) is 1.93. The van der Waals surface area contributed by atoms with E-state index in [1.807, 2.05) is 12.1 Å². The Kier molecular flexibility index (Phi) is 6.32. The molecule has 5 rings (SSSR count). The average Bonchev–Trinajstić information content (AvgIpc) is 3.51.